The van der Waals surface area contributed by atoms with Crippen LogP contribution in [0.25, 0.3) is 11.3 Å². The summed E-state index contributed by atoms with van der Waals surface area (Å²) < 4.78 is 0. The van der Waals surface area contributed by atoms with Gasteiger partial charge in [0.05, 0.1) is 23.6 Å². The number of carboxylic acids is 1. The van der Waals surface area contributed by atoms with Gasteiger partial charge in [-0.1, -0.05) is 30.3 Å². The Bertz CT molecular complexity index is 714. The van der Waals surface area contributed by atoms with Gasteiger partial charge < -0.3 is 10.4 Å². The summed E-state index contributed by atoms with van der Waals surface area (Å²) in [4.78, 5) is 27.8. The van der Waals surface area contributed by atoms with Gasteiger partial charge in [-0.2, -0.15) is 0 Å². The predicted octanol–water partition coefficient (Wildman–Crippen LogP) is 3.10. The average molecular weight is 330 g/mol. The van der Waals surface area contributed by atoms with Crippen LogP contribution in [-0.2, 0) is 9.59 Å². The summed E-state index contributed by atoms with van der Waals surface area (Å²) in [5.74, 6) is -2.03. The van der Waals surface area contributed by atoms with E-state index in [0.717, 1.165) is 16.3 Å². The second-order valence-corrected chi connectivity index (χ2v) is 6.69. The molecule has 2 N–H and O–H groups in total. The molecule has 1 fully saturated rings. The molecule has 1 aliphatic carbocycles. The van der Waals surface area contributed by atoms with Crippen molar-refractivity contribution in [2.45, 2.75) is 25.8 Å². The second kappa shape index (κ2) is 6.50. The summed E-state index contributed by atoms with van der Waals surface area (Å²) in [5, 5.41) is 14.7. The number of carbonyl (C=O) groups excluding carboxylic acids is 1. The number of rotatable bonds is 5. The maximum absolute atomic E-state index is 12.2. The Morgan fingerprint density at radius 1 is 1.26 bits per heavy atom. The number of carbonyl (C=O) groups is 2. The minimum Gasteiger partial charge on any atom is -0.481 e. The molecule has 0 saturated heterocycles. The molecule has 0 bridgehead atoms. The average Bonchev–Trinajstić information content (AvgIpc) is 2.96. The quantitative estimate of drug-likeness (QED) is 0.883. The zero-order valence-electron chi connectivity index (χ0n) is 12.7. The second-order valence-electron chi connectivity index (χ2n) is 5.80. The largest absolute Gasteiger partial charge is 0.481 e. The summed E-state index contributed by atoms with van der Waals surface area (Å²) in [6, 6.07) is 9.64. The van der Waals surface area contributed by atoms with Gasteiger partial charge in [-0.25, -0.2) is 4.98 Å². The Morgan fingerprint density at radius 2 is 1.96 bits per heavy atom. The Balaban J connectivity index is 1.65. The van der Waals surface area contributed by atoms with Gasteiger partial charge in [-0.05, 0) is 19.8 Å². The Labute approximate surface area is 138 Å². The van der Waals surface area contributed by atoms with Gasteiger partial charge in [-0.3, -0.25) is 9.59 Å². The van der Waals surface area contributed by atoms with Gasteiger partial charge in [0.2, 0.25) is 5.91 Å². The first-order valence-corrected chi connectivity index (χ1v) is 8.48. The monoisotopic (exact) mass is 330 g/mol. The van der Waals surface area contributed by atoms with E-state index in [0.29, 0.717) is 12.8 Å². The van der Waals surface area contributed by atoms with E-state index in [1.807, 2.05) is 42.6 Å². The SMILES string of the molecule is CC(NC(=O)C1CCC1C(=O)O)c1nc(-c2ccccc2)cs1. The van der Waals surface area contributed by atoms with Gasteiger partial charge in [0.1, 0.15) is 5.01 Å². The molecule has 1 saturated carbocycles. The van der Waals surface area contributed by atoms with Crippen molar-refractivity contribution in [1.29, 1.82) is 0 Å². The van der Waals surface area contributed by atoms with Crippen molar-refractivity contribution >= 4 is 23.2 Å². The lowest BCUT2D eigenvalue weighted by molar-refractivity contribution is -0.152. The lowest BCUT2D eigenvalue weighted by atomic mass is 9.73. The van der Waals surface area contributed by atoms with Crippen LogP contribution in [0.4, 0.5) is 0 Å². The number of hydrogen-bond acceptors (Lipinski definition) is 4. The number of nitrogens with zero attached hydrogens (tertiary/aromatic N) is 1. The zero-order chi connectivity index (χ0) is 16.4. The van der Waals surface area contributed by atoms with Crippen molar-refractivity contribution in [1.82, 2.24) is 10.3 Å². The summed E-state index contributed by atoms with van der Waals surface area (Å²) in [7, 11) is 0. The van der Waals surface area contributed by atoms with E-state index in [2.05, 4.69) is 10.3 Å². The molecule has 1 heterocycles. The van der Waals surface area contributed by atoms with Crippen LogP contribution in [0, 0.1) is 11.8 Å². The molecule has 2 aromatic rings. The molecule has 6 heteroatoms. The molecule has 120 valence electrons. The van der Waals surface area contributed by atoms with Crippen LogP contribution in [0.5, 0.6) is 0 Å². The highest BCUT2D eigenvalue weighted by Crippen LogP contribution is 2.35. The third-order valence-corrected chi connectivity index (χ3v) is 5.28. The maximum atomic E-state index is 12.2. The summed E-state index contributed by atoms with van der Waals surface area (Å²) in [5.41, 5.74) is 1.93. The molecule has 1 amide bonds. The fraction of sp³-hybridized carbons (Fsp3) is 0.353. The molecule has 1 aromatic carbocycles. The van der Waals surface area contributed by atoms with Crippen molar-refractivity contribution in [3.05, 3.63) is 40.7 Å². The van der Waals surface area contributed by atoms with Crippen molar-refractivity contribution in [3.63, 3.8) is 0 Å². The van der Waals surface area contributed by atoms with E-state index in [1.165, 1.54) is 11.3 Å². The van der Waals surface area contributed by atoms with E-state index in [4.69, 9.17) is 5.11 Å². The number of aromatic nitrogens is 1. The maximum Gasteiger partial charge on any atom is 0.307 e. The first kappa shape index (κ1) is 15.7. The van der Waals surface area contributed by atoms with Gasteiger partial charge in [0.25, 0.3) is 0 Å². The lowest BCUT2D eigenvalue weighted by Crippen LogP contribution is -2.44. The molecule has 0 aliphatic heterocycles. The van der Waals surface area contributed by atoms with Crippen molar-refractivity contribution < 1.29 is 14.7 Å². The molecule has 0 radical (unpaired) electrons. The molecule has 0 spiro atoms. The topological polar surface area (TPSA) is 79.3 Å². The van der Waals surface area contributed by atoms with Crippen LogP contribution in [0.1, 0.15) is 30.8 Å². The fourth-order valence-corrected chi connectivity index (χ4v) is 3.55. The number of hydrogen-bond donors (Lipinski definition) is 2. The Kier molecular flexibility index (Phi) is 4.43. The highest BCUT2D eigenvalue weighted by Gasteiger charge is 2.41. The minimum atomic E-state index is -0.885. The Hall–Kier alpha value is -2.21. The molecular formula is C17H18N2O3S. The van der Waals surface area contributed by atoms with Crippen LogP contribution < -0.4 is 5.32 Å². The molecule has 5 nitrogen and oxygen atoms in total. The highest BCUT2D eigenvalue weighted by molar-refractivity contribution is 7.10. The van der Waals surface area contributed by atoms with E-state index in [-0.39, 0.29) is 11.9 Å². The zero-order valence-corrected chi connectivity index (χ0v) is 13.5. The van der Waals surface area contributed by atoms with E-state index >= 15 is 0 Å². The first-order valence-electron chi connectivity index (χ1n) is 7.60. The van der Waals surface area contributed by atoms with E-state index in [1.54, 1.807) is 0 Å². The van der Waals surface area contributed by atoms with Gasteiger partial charge >= 0.3 is 5.97 Å². The lowest BCUT2D eigenvalue weighted by Gasteiger charge is -2.32. The molecule has 23 heavy (non-hydrogen) atoms. The minimum absolute atomic E-state index is 0.187. The normalized spacial score (nSPS) is 21.3. The van der Waals surface area contributed by atoms with Gasteiger partial charge in [0.15, 0.2) is 0 Å². The molecule has 3 atom stereocenters. The highest BCUT2D eigenvalue weighted by atomic mass is 32.1. The molecular weight excluding hydrogens is 312 g/mol. The fourth-order valence-electron chi connectivity index (χ4n) is 2.72. The smallest absolute Gasteiger partial charge is 0.307 e. The van der Waals surface area contributed by atoms with Crippen LogP contribution in [-0.4, -0.2) is 22.0 Å². The summed E-state index contributed by atoms with van der Waals surface area (Å²) in [6.07, 6.45) is 1.22. The van der Waals surface area contributed by atoms with Crippen LogP contribution in [0.2, 0.25) is 0 Å². The van der Waals surface area contributed by atoms with Crippen LogP contribution >= 0.6 is 11.3 Å². The Morgan fingerprint density at radius 3 is 2.57 bits per heavy atom. The summed E-state index contributed by atoms with van der Waals surface area (Å²) in [6.45, 7) is 1.87. The molecule has 3 rings (SSSR count). The van der Waals surface area contributed by atoms with Crippen molar-refractivity contribution in [2.24, 2.45) is 11.8 Å². The van der Waals surface area contributed by atoms with E-state index < -0.39 is 17.8 Å². The standard InChI is InChI=1S/C17H18N2O3S/c1-10(18-15(20)12-7-8-13(12)17(21)22)16-19-14(9-23-16)11-5-3-2-4-6-11/h2-6,9-10,12-13H,7-8H2,1H3,(H,18,20)(H,21,22). The molecule has 3 unspecified atom stereocenters. The van der Waals surface area contributed by atoms with Gasteiger partial charge in [0, 0.05) is 10.9 Å². The van der Waals surface area contributed by atoms with E-state index in [9.17, 15) is 9.59 Å². The number of amides is 1. The van der Waals surface area contributed by atoms with Crippen molar-refractivity contribution in [2.75, 3.05) is 0 Å². The molecule has 1 aliphatic rings. The van der Waals surface area contributed by atoms with Crippen molar-refractivity contribution in [3.8, 4) is 11.3 Å². The van der Waals surface area contributed by atoms with Crippen LogP contribution in [0.3, 0.4) is 0 Å². The number of thiazole rings is 1. The first-order chi connectivity index (χ1) is 11.1. The third kappa shape index (κ3) is 3.27. The number of benzene rings is 1. The van der Waals surface area contributed by atoms with Gasteiger partial charge in [-0.15, -0.1) is 11.3 Å². The summed E-state index contributed by atoms with van der Waals surface area (Å²) >= 11 is 1.50. The predicted molar refractivity (Wildman–Crippen MR) is 88.0 cm³/mol. The number of aliphatic carboxylic acids is 1. The number of nitrogens with one attached hydrogen (secondary N) is 1. The third-order valence-electron chi connectivity index (χ3n) is 4.25. The van der Waals surface area contributed by atoms with Crippen LogP contribution in [0.15, 0.2) is 35.7 Å². The molecule has 1 aromatic heterocycles. The number of carboxylic acid groups (broad SMARTS) is 1.